The van der Waals surface area contributed by atoms with E-state index >= 15 is 0 Å². The molecule has 6 nitrogen and oxygen atoms in total. The summed E-state index contributed by atoms with van der Waals surface area (Å²) in [6.07, 6.45) is -0.455. The number of quaternary nitrogens is 2. The monoisotopic (exact) mass is 309 g/mol. The molecule has 0 unspecified atom stereocenters. The van der Waals surface area contributed by atoms with Gasteiger partial charge in [0.2, 0.25) is 5.91 Å². The number of hydrogen-bond acceptors (Lipinski definition) is 3. The summed E-state index contributed by atoms with van der Waals surface area (Å²) in [6, 6.07) is 7.17. The fourth-order valence-corrected chi connectivity index (χ4v) is 2.66. The van der Waals surface area contributed by atoms with E-state index < -0.39 is 6.10 Å². The Bertz CT molecular complexity index is 470. The summed E-state index contributed by atoms with van der Waals surface area (Å²) < 4.78 is 5.61. The number of ether oxygens (including phenoxy) is 1. The van der Waals surface area contributed by atoms with Gasteiger partial charge in [0.05, 0.1) is 7.05 Å². The van der Waals surface area contributed by atoms with Gasteiger partial charge in [0.15, 0.2) is 0 Å². The fourth-order valence-electron chi connectivity index (χ4n) is 2.66. The maximum absolute atomic E-state index is 10.9. The van der Waals surface area contributed by atoms with Gasteiger partial charge in [-0.2, -0.15) is 0 Å². The van der Waals surface area contributed by atoms with Crippen molar-refractivity contribution in [3.63, 3.8) is 0 Å². The van der Waals surface area contributed by atoms with Crippen molar-refractivity contribution in [3.05, 3.63) is 24.3 Å². The van der Waals surface area contributed by atoms with Crippen LogP contribution in [0.25, 0.3) is 0 Å². The zero-order valence-electron chi connectivity index (χ0n) is 13.4. The normalized spacial score (nSPS) is 22.9. The van der Waals surface area contributed by atoms with Crippen LogP contribution in [0.2, 0.25) is 0 Å². The molecule has 0 spiro atoms. The smallest absolute Gasteiger partial charge is 0.221 e. The van der Waals surface area contributed by atoms with E-state index in [1.807, 2.05) is 0 Å². The number of rotatable bonds is 6. The molecule has 122 valence electrons. The summed E-state index contributed by atoms with van der Waals surface area (Å²) in [4.78, 5) is 14.0. The van der Waals surface area contributed by atoms with Crippen LogP contribution in [0, 0.1) is 0 Å². The number of carbonyl (C=O) groups is 1. The number of likely N-dealkylation sites (N-methyl/N-ethyl adjacent to an activating group) is 1. The summed E-state index contributed by atoms with van der Waals surface area (Å²) >= 11 is 0. The van der Waals surface area contributed by atoms with Gasteiger partial charge in [-0.15, -0.1) is 0 Å². The van der Waals surface area contributed by atoms with E-state index in [1.165, 1.54) is 11.8 Å². The lowest BCUT2D eigenvalue weighted by atomic mass is 10.2. The Morgan fingerprint density at radius 3 is 2.50 bits per heavy atom. The van der Waals surface area contributed by atoms with Gasteiger partial charge in [-0.1, -0.05) is 0 Å². The van der Waals surface area contributed by atoms with Crippen molar-refractivity contribution in [3.8, 4) is 5.75 Å². The van der Waals surface area contributed by atoms with Crippen LogP contribution in [-0.2, 0) is 4.79 Å². The van der Waals surface area contributed by atoms with E-state index in [2.05, 4.69) is 12.4 Å². The summed E-state index contributed by atoms with van der Waals surface area (Å²) in [5.41, 5.74) is 0.741. The Hall–Kier alpha value is -1.63. The molecule has 1 aliphatic rings. The topological polar surface area (TPSA) is 67.4 Å². The molecular weight excluding hydrogens is 282 g/mol. The second-order valence-electron chi connectivity index (χ2n) is 6.08. The van der Waals surface area contributed by atoms with Gasteiger partial charge in [0.1, 0.15) is 51.2 Å². The lowest BCUT2D eigenvalue weighted by molar-refractivity contribution is -1.00. The first kappa shape index (κ1) is 16.7. The Balaban J connectivity index is 1.71. The highest BCUT2D eigenvalue weighted by Crippen LogP contribution is 2.15. The summed E-state index contributed by atoms with van der Waals surface area (Å²) in [5.74, 6) is 0.604. The average molecular weight is 309 g/mol. The predicted molar refractivity (Wildman–Crippen MR) is 84.4 cm³/mol. The maximum Gasteiger partial charge on any atom is 0.221 e. The molecule has 0 aliphatic carbocycles. The van der Waals surface area contributed by atoms with Crippen molar-refractivity contribution in [2.75, 3.05) is 51.7 Å². The van der Waals surface area contributed by atoms with Crippen LogP contribution in [0.5, 0.6) is 5.75 Å². The van der Waals surface area contributed by atoms with E-state index in [-0.39, 0.29) is 5.91 Å². The quantitative estimate of drug-likeness (QED) is 0.482. The molecule has 0 aromatic heterocycles. The van der Waals surface area contributed by atoms with Crippen LogP contribution >= 0.6 is 0 Å². The van der Waals surface area contributed by atoms with E-state index in [9.17, 15) is 9.90 Å². The molecule has 6 heteroatoms. The highest BCUT2D eigenvalue weighted by atomic mass is 16.5. The van der Waals surface area contributed by atoms with E-state index in [0.717, 1.165) is 38.4 Å². The van der Waals surface area contributed by atoms with Gasteiger partial charge in [0, 0.05) is 12.6 Å². The van der Waals surface area contributed by atoms with Crippen LogP contribution < -0.4 is 19.9 Å². The molecule has 0 bridgehead atoms. The summed E-state index contributed by atoms with van der Waals surface area (Å²) in [7, 11) is 2.21. The summed E-state index contributed by atoms with van der Waals surface area (Å²) in [5, 5.41) is 12.8. The van der Waals surface area contributed by atoms with Gasteiger partial charge >= 0.3 is 0 Å². The van der Waals surface area contributed by atoms with Crippen LogP contribution in [0.4, 0.5) is 5.69 Å². The molecule has 1 heterocycles. The third kappa shape index (κ3) is 5.63. The van der Waals surface area contributed by atoms with Crippen molar-refractivity contribution in [1.29, 1.82) is 0 Å². The molecular formula is C16H27N3O3+2. The number of piperazine rings is 1. The minimum Gasteiger partial charge on any atom is -0.491 e. The molecule has 0 radical (unpaired) electrons. The first-order valence-corrected chi connectivity index (χ1v) is 7.86. The van der Waals surface area contributed by atoms with Crippen LogP contribution in [-0.4, -0.2) is 63.5 Å². The number of hydrogen-bond donors (Lipinski definition) is 4. The van der Waals surface area contributed by atoms with Gasteiger partial charge in [-0.25, -0.2) is 0 Å². The number of anilines is 1. The zero-order chi connectivity index (χ0) is 15.9. The molecule has 1 atom stereocenters. The second-order valence-corrected chi connectivity index (χ2v) is 6.08. The van der Waals surface area contributed by atoms with Crippen molar-refractivity contribution < 1.29 is 24.4 Å². The third-order valence-electron chi connectivity index (χ3n) is 3.95. The molecule has 22 heavy (non-hydrogen) atoms. The SMILES string of the molecule is CC(=O)Nc1ccc(OC[C@@H](O)C[NH+]2CC[NH+](C)CC2)cc1. The highest BCUT2D eigenvalue weighted by molar-refractivity contribution is 5.88. The molecule has 1 amide bonds. The van der Waals surface area contributed by atoms with Crippen molar-refractivity contribution >= 4 is 11.6 Å². The largest absolute Gasteiger partial charge is 0.491 e. The maximum atomic E-state index is 10.9. The molecule has 1 aromatic carbocycles. The molecule has 0 saturated carbocycles. The number of aliphatic hydroxyl groups excluding tert-OH is 1. The van der Waals surface area contributed by atoms with Gasteiger partial charge < -0.3 is 25.0 Å². The number of carbonyl (C=O) groups excluding carboxylic acids is 1. The van der Waals surface area contributed by atoms with E-state index in [4.69, 9.17) is 4.74 Å². The number of benzene rings is 1. The molecule has 1 aromatic rings. The second kappa shape index (κ2) is 8.12. The predicted octanol–water partition coefficient (Wildman–Crippen LogP) is -2.20. The van der Waals surface area contributed by atoms with Crippen molar-refractivity contribution in [2.24, 2.45) is 0 Å². The minimum absolute atomic E-state index is 0.0962. The number of amides is 1. The Kier molecular flexibility index (Phi) is 6.18. The molecule has 4 N–H and O–H groups in total. The first-order chi connectivity index (χ1) is 10.5. The van der Waals surface area contributed by atoms with E-state index in [1.54, 1.807) is 29.2 Å². The van der Waals surface area contributed by atoms with Crippen LogP contribution in [0.3, 0.4) is 0 Å². The standard InChI is InChI=1S/C16H25N3O3/c1-13(20)17-14-3-5-16(6-4-14)22-12-15(21)11-19-9-7-18(2)8-10-19/h3-6,15,21H,7-12H2,1-2H3,(H,17,20)/p+2/t15-/m0/s1. The molecule has 2 rings (SSSR count). The van der Waals surface area contributed by atoms with Gasteiger partial charge in [-0.05, 0) is 24.3 Å². The Morgan fingerprint density at radius 1 is 1.27 bits per heavy atom. The number of aliphatic hydroxyl groups is 1. The van der Waals surface area contributed by atoms with Gasteiger partial charge in [-0.3, -0.25) is 4.79 Å². The minimum atomic E-state index is -0.455. The number of nitrogens with one attached hydrogen (secondary N) is 3. The van der Waals surface area contributed by atoms with Crippen molar-refractivity contribution in [1.82, 2.24) is 0 Å². The summed E-state index contributed by atoms with van der Waals surface area (Å²) in [6.45, 7) is 7.04. The van der Waals surface area contributed by atoms with E-state index in [0.29, 0.717) is 12.4 Å². The first-order valence-electron chi connectivity index (χ1n) is 7.86. The van der Waals surface area contributed by atoms with Crippen LogP contribution in [0.1, 0.15) is 6.92 Å². The molecule has 1 saturated heterocycles. The third-order valence-corrected chi connectivity index (χ3v) is 3.95. The fraction of sp³-hybridized carbons (Fsp3) is 0.562. The lowest BCUT2D eigenvalue weighted by Gasteiger charge is -2.28. The Morgan fingerprint density at radius 2 is 1.91 bits per heavy atom. The Labute approximate surface area is 131 Å². The van der Waals surface area contributed by atoms with Crippen molar-refractivity contribution in [2.45, 2.75) is 13.0 Å². The molecule has 1 aliphatic heterocycles. The van der Waals surface area contributed by atoms with Gasteiger partial charge in [0.25, 0.3) is 0 Å². The lowest BCUT2D eigenvalue weighted by Crippen LogP contribution is -3.27. The van der Waals surface area contributed by atoms with Crippen LogP contribution in [0.15, 0.2) is 24.3 Å². The zero-order valence-corrected chi connectivity index (χ0v) is 13.4. The average Bonchev–Trinajstić information content (AvgIpc) is 2.48. The highest BCUT2D eigenvalue weighted by Gasteiger charge is 2.22. The molecule has 1 fully saturated rings.